The Bertz CT molecular complexity index is 596. The average Bonchev–Trinajstić information content (AvgIpc) is 3.10. The van der Waals surface area contributed by atoms with Crippen molar-refractivity contribution in [3.8, 4) is 5.69 Å². The molecule has 1 aliphatic heterocycles. The summed E-state index contributed by atoms with van der Waals surface area (Å²) in [4.78, 5) is 0. The van der Waals surface area contributed by atoms with E-state index in [0.717, 1.165) is 46.6 Å². The molecule has 0 N–H and O–H groups in total. The zero-order chi connectivity index (χ0) is 13.9. The van der Waals surface area contributed by atoms with Crippen LogP contribution in [0.2, 0.25) is 5.02 Å². The Balaban J connectivity index is 1.76. The summed E-state index contributed by atoms with van der Waals surface area (Å²) in [6, 6.07) is 5.98. The third kappa shape index (κ3) is 3.00. The first-order valence-corrected chi connectivity index (χ1v) is 8.01. The van der Waals surface area contributed by atoms with Gasteiger partial charge < -0.3 is 4.74 Å². The topological polar surface area (TPSA) is 39.9 Å². The first-order chi connectivity index (χ1) is 9.74. The van der Waals surface area contributed by atoms with Crippen molar-refractivity contribution in [3.63, 3.8) is 0 Å². The van der Waals surface area contributed by atoms with E-state index in [9.17, 15) is 0 Å². The second kappa shape index (κ2) is 6.16. The predicted octanol–water partition coefficient (Wildman–Crippen LogP) is 3.50. The molecule has 1 saturated heterocycles. The fourth-order valence-corrected chi connectivity index (χ4v) is 3.34. The van der Waals surface area contributed by atoms with E-state index in [1.807, 2.05) is 29.7 Å². The van der Waals surface area contributed by atoms with Crippen LogP contribution in [0.3, 0.4) is 0 Å². The second-order valence-electron chi connectivity index (χ2n) is 4.86. The highest BCUT2D eigenvalue weighted by atomic mass is 35.5. The second-order valence-corrected chi connectivity index (χ2v) is 6.26. The molecule has 106 valence electrons. The Morgan fingerprint density at radius 2 is 2.40 bits per heavy atom. The van der Waals surface area contributed by atoms with Gasteiger partial charge in [0.05, 0.1) is 11.8 Å². The summed E-state index contributed by atoms with van der Waals surface area (Å²) in [5.74, 6) is 0.915. The summed E-state index contributed by atoms with van der Waals surface area (Å²) >= 11 is 7.86. The lowest BCUT2D eigenvalue weighted by atomic mass is 10.2. The van der Waals surface area contributed by atoms with Crippen LogP contribution >= 0.6 is 23.4 Å². The van der Waals surface area contributed by atoms with Crippen LogP contribution in [0.1, 0.15) is 18.4 Å². The largest absolute Gasteiger partial charge is 0.377 e. The molecule has 3 rings (SSSR count). The van der Waals surface area contributed by atoms with E-state index in [4.69, 9.17) is 16.3 Å². The van der Waals surface area contributed by atoms with Gasteiger partial charge in [0, 0.05) is 17.4 Å². The Morgan fingerprint density at radius 1 is 1.50 bits per heavy atom. The molecule has 2 heterocycles. The number of rotatable bonds is 4. The normalized spacial score (nSPS) is 18.6. The van der Waals surface area contributed by atoms with Gasteiger partial charge in [-0.25, -0.2) is 0 Å². The molecule has 4 nitrogen and oxygen atoms in total. The van der Waals surface area contributed by atoms with Gasteiger partial charge in [0.15, 0.2) is 5.16 Å². The van der Waals surface area contributed by atoms with Crippen molar-refractivity contribution in [1.82, 2.24) is 14.8 Å². The molecule has 0 saturated carbocycles. The highest BCUT2D eigenvalue weighted by Gasteiger charge is 2.17. The maximum Gasteiger partial charge on any atom is 0.195 e. The van der Waals surface area contributed by atoms with E-state index in [1.54, 1.807) is 18.1 Å². The van der Waals surface area contributed by atoms with Gasteiger partial charge in [-0.05, 0) is 37.5 Å². The van der Waals surface area contributed by atoms with Gasteiger partial charge in [0.2, 0.25) is 0 Å². The SMILES string of the molecule is Cc1ccc(-n2cnnc2SCC2CCCO2)cc1Cl. The van der Waals surface area contributed by atoms with Gasteiger partial charge in [-0.3, -0.25) is 4.57 Å². The lowest BCUT2D eigenvalue weighted by Crippen LogP contribution is -2.08. The summed E-state index contributed by atoms with van der Waals surface area (Å²) in [6.45, 7) is 2.87. The van der Waals surface area contributed by atoms with E-state index in [0.29, 0.717) is 6.10 Å². The molecule has 0 spiro atoms. The van der Waals surface area contributed by atoms with Crippen LogP contribution in [-0.2, 0) is 4.74 Å². The molecule has 6 heteroatoms. The molecule has 1 fully saturated rings. The van der Waals surface area contributed by atoms with E-state index in [1.165, 1.54) is 0 Å². The first kappa shape index (κ1) is 13.9. The zero-order valence-electron chi connectivity index (χ0n) is 11.3. The van der Waals surface area contributed by atoms with Crippen LogP contribution in [0.25, 0.3) is 5.69 Å². The monoisotopic (exact) mass is 309 g/mol. The molecule has 0 amide bonds. The smallest absolute Gasteiger partial charge is 0.195 e. The Labute approximate surface area is 127 Å². The lowest BCUT2D eigenvalue weighted by Gasteiger charge is -2.10. The molecule has 0 bridgehead atoms. The number of ether oxygens (including phenoxy) is 1. The average molecular weight is 310 g/mol. The highest BCUT2D eigenvalue weighted by molar-refractivity contribution is 7.99. The molecule has 1 aromatic heterocycles. The summed E-state index contributed by atoms with van der Waals surface area (Å²) < 4.78 is 7.60. The maximum absolute atomic E-state index is 6.18. The Hall–Kier alpha value is -1.04. The van der Waals surface area contributed by atoms with Gasteiger partial charge in [0.1, 0.15) is 6.33 Å². The fourth-order valence-electron chi connectivity index (χ4n) is 2.17. The van der Waals surface area contributed by atoms with Gasteiger partial charge in [-0.1, -0.05) is 29.4 Å². The van der Waals surface area contributed by atoms with E-state index in [-0.39, 0.29) is 0 Å². The molecule has 1 aromatic carbocycles. The summed E-state index contributed by atoms with van der Waals surface area (Å²) in [5.41, 5.74) is 2.05. The summed E-state index contributed by atoms with van der Waals surface area (Å²) in [5, 5.41) is 9.82. The number of benzene rings is 1. The Morgan fingerprint density at radius 3 is 3.15 bits per heavy atom. The van der Waals surface area contributed by atoms with Crippen LogP contribution in [0.5, 0.6) is 0 Å². The van der Waals surface area contributed by atoms with E-state index >= 15 is 0 Å². The number of halogens is 1. The van der Waals surface area contributed by atoms with Crippen molar-refractivity contribution in [1.29, 1.82) is 0 Å². The summed E-state index contributed by atoms with van der Waals surface area (Å²) in [7, 11) is 0. The van der Waals surface area contributed by atoms with Crippen LogP contribution < -0.4 is 0 Å². The predicted molar refractivity (Wildman–Crippen MR) is 80.8 cm³/mol. The third-order valence-corrected chi connectivity index (χ3v) is 4.85. The van der Waals surface area contributed by atoms with Crippen LogP contribution in [0, 0.1) is 6.92 Å². The number of hydrogen-bond acceptors (Lipinski definition) is 4. The lowest BCUT2D eigenvalue weighted by molar-refractivity contribution is 0.129. The van der Waals surface area contributed by atoms with Crippen molar-refractivity contribution < 1.29 is 4.74 Å². The van der Waals surface area contributed by atoms with Crippen molar-refractivity contribution >= 4 is 23.4 Å². The van der Waals surface area contributed by atoms with Gasteiger partial charge in [-0.15, -0.1) is 10.2 Å². The minimum Gasteiger partial charge on any atom is -0.377 e. The first-order valence-electron chi connectivity index (χ1n) is 6.65. The molecular formula is C14H16ClN3OS. The maximum atomic E-state index is 6.18. The van der Waals surface area contributed by atoms with E-state index < -0.39 is 0 Å². The zero-order valence-corrected chi connectivity index (χ0v) is 12.8. The van der Waals surface area contributed by atoms with Crippen molar-refractivity contribution in [2.75, 3.05) is 12.4 Å². The standard InChI is InChI=1S/C14H16ClN3OS/c1-10-4-5-11(7-13(10)15)18-9-16-17-14(18)20-8-12-3-2-6-19-12/h4-5,7,9,12H,2-3,6,8H2,1H3. The van der Waals surface area contributed by atoms with Crippen molar-refractivity contribution in [3.05, 3.63) is 35.1 Å². The molecule has 0 aliphatic carbocycles. The molecule has 1 unspecified atom stereocenters. The minimum atomic E-state index is 0.340. The fraction of sp³-hybridized carbons (Fsp3) is 0.429. The van der Waals surface area contributed by atoms with E-state index in [2.05, 4.69) is 10.2 Å². The molecule has 2 aromatic rings. The number of nitrogens with zero attached hydrogens (tertiary/aromatic N) is 3. The number of aryl methyl sites for hydroxylation is 1. The quantitative estimate of drug-likeness (QED) is 0.810. The van der Waals surface area contributed by atoms with Crippen LogP contribution in [0.15, 0.2) is 29.7 Å². The molecule has 0 radical (unpaired) electrons. The molecule has 1 atom stereocenters. The van der Waals surface area contributed by atoms with Gasteiger partial charge >= 0.3 is 0 Å². The van der Waals surface area contributed by atoms with Gasteiger partial charge in [0.25, 0.3) is 0 Å². The highest BCUT2D eigenvalue weighted by Crippen LogP contribution is 2.26. The Kier molecular flexibility index (Phi) is 4.29. The van der Waals surface area contributed by atoms with Crippen LogP contribution in [0.4, 0.5) is 0 Å². The summed E-state index contributed by atoms with van der Waals surface area (Å²) in [6.07, 6.45) is 4.36. The molecule has 1 aliphatic rings. The molecule has 20 heavy (non-hydrogen) atoms. The number of hydrogen-bond donors (Lipinski definition) is 0. The van der Waals surface area contributed by atoms with Crippen molar-refractivity contribution in [2.24, 2.45) is 0 Å². The van der Waals surface area contributed by atoms with Gasteiger partial charge in [-0.2, -0.15) is 0 Å². The van der Waals surface area contributed by atoms with Crippen molar-refractivity contribution in [2.45, 2.75) is 31.0 Å². The third-order valence-electron chi connectivity index (χ3n) is 3.37. The molecular weight excluding hydrogens is 294 g/mol. The number of thioether (sulfide) groups is 1. The number of aromatic nitrogens is 3. The van der Waals surface area contributed by atoms with Crippen LogP contribution in [-0.4, -0.2) is 33.2 Å². The minimum absolute atomic E-state index is 0.340.